The number of hydrogen-bond acceptors (Lipinski definition) is 8. The Morgan fingerprint density at radius 3 is 2.19 bits per heavy atom. The summed E-state index contributed by atoms with van der Waals surface area (Å²) in [5, 5.41) is 0. The molecule has 1 aliphatic heterocycles. The van der Waals surface area contributed by atoms with E-state index in [1.165, 1.54) is 7.11 Å². The van der Waals surface area contributed by atoms with E-state index in [2.05, 4.69) is 11.9 Å². The number of benzene rings is 2. The molecule has 0 saturated carbocycles. The number of nitrogens with zero attached hydrogens (tertiary/aromatic N) is 2. The predicted molar refractivity (Wildman–Crippen MR) is 141 cm³/mol. The Labute approximate surface area is 217 Å². The van der Waals surface area contributed by atoms with Crippen LogP contribution in [0.15, 0.2) is 35.2 Å². The standard InChI is InChI=1S/C27H36N2O6S/c1-28(12-7-15-36-20-8-9-22(32-2)24(17-20)34-4)11-6-13-29-14-10-19-16-23(33-3)25(35-5)18-21(19)26(30)27(29)31/h8-9,16-18H,6-7,10-15H2,1-5H3. The van der Waals surface area contributed by atoms with Crippen LogP contribution >= 0.6 is 11.8 Å². The number of methoxy groups -OCH3 is 4. The summed E-state index contributed by atoms with van der Waals surface area (Å²) in [5.41, 5.74) is 1.22. The lowest BCUT2D eigenvalue weighted by Gasteiger charge is -2.22. The molecule has 2 aromatic carbocycles. The summed E-state index contributed by atoms with van der Waals surface area (Å²) in [6.45, 7) is 2.88. The number of hydrogen-bond donors (Lipinski definition) is 0. The molecule has 8 nitrogen and oxygen atoms in total. The topological polar surface area (TPSA) is 77.5 Å². The third kappa shape index (κ3) is 6.85. The molecule has 0 aromatic heterocycles. The molecule has 0 aliphatic carbocycles. The zero-order chi connectivity index (χ0) is 26.1. The summed E-state index contributed by atoms with van der Waals surface area (Å²) in [6, 6.07) is 9.38. The molecule has 36 heavy (non-hydrogen) atoms. The average molecular weight is 517 g/mol. The number of thioether (sulfide) groups is 1. The van der Waals surface area contributed by atoms with Gasteiger partial charge < -0.3 is 28.7 Å². The lowest BCUT2D eigenvalue weighted by molar-refractivity contribution is -0.126. The minimum atomic E-state index is -0.482. The largest absolute Gasteiger partial charge is 0.493 e. The first kappa shape index (κ1) is 27.7. The Hall–Kier alpha value is -2.91. The number of ether oxygens (including phenoxy) is 4. The third-order valence-electron chi connectivity index (χ3n) is 6.26. The second-order valence-corrected chi connectivity index (χ2v) is 9.78. The van der Waals surface area contributed by atoms with Crippen LogP contribution in [0.3, 0.4) is 0 Å². The molecule has 3 rings (SSSR count). The maximum Gasteiger partial charge on any atom is 0.294 e. The Bertz CT molecular complexity index is 1060. The van der Waals surface area contributed by atoms with Crippen LogP contribution in [0, 0.1) is 0 Å². The fourth-order valence-corrected chi connectivity index (χ4v) is 5.11. The van der Waals surface area contributed by atoms with Crippen LogP contribution in [0.25, 0.3) is 0 Å². The van der Waals surface area contributed by atoms with Gasteiger partial charge in [0.05, 0.1) is 28.4 Å². The third-order valence-corrected chi connectivity index (χ3v) is 7.34. The first-order valence-electron chi connectivity index (χ1n) is 12.0. The monoisotopic (exact) mass is 516 g/mol. The van der Waals surface area contributed by atoms with Crippen molar-refractivity contribution in [2.75, 3.05) is 67.4 Å². The van der Waals surface area contributed by atoms with Gasteiger partial charge in [-0.2, -0.15) is 0 Å². The SMILES string of the molecule is COc1ccc(SCCCN(C)CCCN2CCc3cc(OC)c(OC)cc3C(=O)C2=O)cc1OC. The lowest BCUT2D eigenvalue weighted by Crippen LogP contribution is -2.38. The Morgan fingerprint density at radius 1 is 0.861 bits per heavy atom. The van der Waals surface area contributed by atoms with E-state index in [1.54, 1.807) is 50.1 Å². The van der Waals surface area contributed by atoms with Crippen molar-refractivity contribution in [3.05, 3.63) is 41.5 Å². The summed E-state index contributed by atoms with van der Waals surface area (Å²) in [5.74, 6) is 2.55. The van der Waals surface area contributed by atoms with Crippen molar-refractivity contribution in [3.8, 4) is 23.0 Å². The zero-order valence-electron chi connectivity index (χ0n) is 21.8. The summed E-state index contributed by atoms with van der Waals surface area (Å²) in [6.07, 6.45) is 2.45. The maximum absolute atomic E-state index is 12.9. The number of carbonyl (C=O) groups is 2. The molecule has 9 heteroatoms. The van der Waals surface area contributed by atoms with Crippen molar-refractivity contribution < 1.29 is 28.5 Å². The van der Waals surface area contributed by atoms with Gasteiger partial charge in [-0.3, -0.25) is 9.59 Å². The molecule has 1 heterocycles. The Balaban J connectivity index is 1.43. The fourth-order valence-electron chi connectivity index (χ4n) is 4.24. The molecule has 0 radical (unpaired) electrons. The summed E-state index contributed by atoms with van der Waals surface area (Å²) >= 11 is 1.79. The van der Waals surface area contributed by atoms with Crippen LogP contribution in [0.5, 0.6) is 23.0 Å². The van der Waals surface area contributed by atoms with Gasteiger partial charge in [0.1, 0.15) is 0 Å². The van der Waals surface area contributed by atoms with Gasteiger partial charge in [0.25, 0.3) is 11.7 Å². The summed E-state index contributed by atoms with van der Waals surface area (Å²) < 4.78 is 21.3. The van der Waals surface area contributed by atoms with Crippen LogP contribution in [-0.2, 0) is 11.2 Å². The molecule has 0 fully saturated rings. The minimum Gasteiger partial charge on any atom is -0.493 e. The van der Waals surface area contributed by atoms with Crippen LogP contribution in [0.4, 0.5) is 0 Å². The van der Waals surface area contributed by atoms with E-state index in [9.17, 15) is 9.59 Å². The molecule has 1 aliphatic rings. The lowest BCUT2D eigenvalue weighted by atomic mass is 10.0. The molecule has 0 bridgehead atoms. The Kier molecular flexibility index (Phi) is 10.3. The number of carbonyl (C=O) groups excluding carboxylic acids is 2. The molecule has 0 saturated heterocycles. The second kappa shape index (κ2) is 13.4. The number of amides is 1. The van der Waals surface area contributed by atoms with Gasteiger partial charge in [0, 0.05) is 23.5 Å². The fraction of sp³-hybridized carbons (Fsp3) is 0.481. The highest BCUT2D eigenvalue weighted by molar-refractivity contribution is 7.99. The van der Waals surface area contributed by atoms with Gasteiger partial charge in [0.15, 0.2) is 23.0 Å². The maximum atomic E-state index is 12.9. The van der Waals surface area contributed by atoms with E-state index in [-0.39, 0.29) is 0 Å². The van der Waals surface area contributed by atoms with Crippen LogP contribution < -0.4 is 18.9 Å². The summed E-state index contributed by atoms with van der Waals surface area (Å²) in [7, 11) is 8.44. The van der Waals surface area contributed by atoms with Crippen LogP contribution in [0.1, 0.15) is 28.8 Å². The number of fused-ring (bicyclic) bond motifs is 1. The van der Waals surface area contributed by atoms with Gasteiger partial charge in [0.2, 0.25) is 0 Å². The first-order valence-corrected chi connectivity index (χ1v) is 13.0. The van der Waals surface area contributed by atoms with Crippen molar-refractivity contribution >= 4 is 23.5 Å². The summed E-state index contributed by atoms with van der Waals surface area (Å²) in [4.78, 5) is 30.8. The van der Waals surface area contributed by atoms with Gasteiger partial charge >= 0.3 is 0 Å². The molecular formula is C27H36N2O6S. The predicted octanol–water partition coefficient (Wildman–Crippen LogP) is 3.79. The second-order valence-electron chi connectivity index (χ2n) is 8.61. The van der Waals surface area contributed by atoms with Crippen molar-refractivity contribution in [2.24, 2.45) is 0 Å². The number of ketones is 1. The molecule has 0 unspecified atom stereocenters. The average Bonchev–Trinajstić information content (AvgIpc) is 3.01. The highest BCUT2D eigenvalue weighted by Crippen LogP contribution is 2.33. The normalized spacial score (nSPS) is 13.4. The van der Waals surface area contributed by atoms with E-state index in [4.69, 9.17) is 18.9 Å². The molecule has 2 aromatic rings. The van der Waals surface area contributed by atoms with Gasteiger partial charge in [-0.1, -0.05) is 0 Å². The van der Waals surface area contributed by atoms with Crippen molar-refractivity contribution in [1.29, 1.82) is 0 Å². The van der Waals surface area contributed by atoms with Gasteiger partial charge in [-0.05, 0) is 81.0 Å². The highest BCUT2D eigenvalue weighted by Gasteiger charge is 2.30. The quantitative estimate of drug-likeness (QED) is 0.226. The molecular weight excluding hydrogens is 480 g/mol. The van der Waals surface area contributed by atoms with E-state index < -0.39 is 11.7 Å². The Morgan fingerprint density at radius 2 is 1.50 bits per heavy atom. The molecule has 1 amide bonds. The van der Waals surface area contributed by atoms with Crippen molar-refractivity contribution in [2.45, 2.75) is 24.2 Å². The van der Waals surface area contributed by atoms with Crippen LogP contribution in [0.2, 0.25) is 0 Å². The van der Waals surface area contributed by atoms with Crippen molar-refractivity contribution in [3.63, 3.8) is 0 Å². The number of Topliss-reactive ketones (excluding diaryl/α,β-unsaturated/α-hetero) is 1. The van der Waals surface area contributed by atoms with Gasteiger partial charge in [-0.25, -0.2) is 0 Å². The van der Waals surface area contributed by atoms with E-state index in [0.717, 1.165) is 53.6 Å². The number of rotatable bonds is 13. The van der Waals surface area contributed by atoms with E-state index >= 15 is 0 Å². The first-order chi connectivity index (χ1) is 17.4. The van der Waals surface area contributed by atoms with Crippen LogP contribution in [-0.4, -0.2) is 88.9 Å². The van der Waals surface area contributed by atoms with E-state index in [0.29, 0.717) is 36.6 Å². The molecule has 0 N–H and O–H groups in total. The van der Waals surface area contributed by atoms with E-state index in [1.807, 2.05) is 18.2 Å². The molecule has 0 atom stereocenters. The minimum absolute atomic E-state index is 0.407. The van der Waals surface area contributed by atoms with Crippen molar-refractivity contribution in [1.82, 2.24) is 9.80 Å². The zero-order valence-corrected chi connectivity index (χ0v) is 22.6. The molecule has 0 spiro atoms. The van der Waals surface area contributed by atoms with Gasteiger partial charge in [-0.15, -0.1) is 11.8 Å². The highest BCUT2D eigenvalue weighted by atomic mass is 32.2. The smallest absolute Gasteiger partial charge is 0.294 e. The molecule has 196 valence electrons.